The van der Waals surface area contributed by atoms with Gasteiger partial charge >= 0.3 is 0 Å². The lowest BCUT2D eigenvalue weighted by Crippen LogP contribution is -2.34. The van der Waals surface area contributed by atoms with Crippen LogP contribution in [0.4, 0.5) is 0 Å². The van der Waals surface area contributed by atoms with Crippen molar-refractivity contribution >= 4 is 10.0 Å². The quantitative estimate of drug-likeness (QED) is 0.478. The van der Waals surface area contributed by atoms with Crippen LogP contribution in [0.1, 0.15) is 57.4 Å². The highest BCUT2D eigenvalue weighted by atomic mass is 32.2. The van der Waals surface area contributed by atoms with Crippen LogP contribution in [0.3, 0.4) is 0 Å². The molecule has 0 saturated carbocycles. The van der Waals surface area contributed by atoms with Crippen LogP contribution in [0.5, 0.6) is 0 Å². The highest BCUT2D eigenvalue weighted by Gasteiger charge is 2.19. The topological polar surface area (TPSA) is 46.2 Å². The Kier molecular flexibility index (Phi) is 8.43. The summed E-state index contributed by atoms with van der Waals surface area (Å²) >= 11 is 0. The van der Waals surface area contributed by atoms with Crippen LogP contribution in [0.15, 0.2) is 41.8 Å². The minimum atomic E-state index is -3.43. The van der Waals surface area contributed by atoms with Crippen molar-refractivity contribution in [3.63, 3.8) is 0 Å². The Balaban J connectivity index is 2.69. The Bertz CT molecular complexity index is 535. The molecule has 0 aliphatic heterocycles. The molecule has 0 aliphatic rings. The SMILES string of the molecule is C=CCC[C@@H](CCCCCC)NS(=O)(=O)c1ccc(C)cc1. The second-order valence-corrected chi connectivity index (χ2v) is 7.56. The maximum Gasteiger partial charge on any atom is 0.240 e. The molecule has 124 valence electrons. The summed E-state index contributed by atoms with van der Waals surface area (Å²) in [6.07, 6.45) is 8.98. The molecule has 0 heterocycles. The van der Waals surface area contributed by atoms with Crippen LogP contribution in [0, 0.1) is 6.92 Å². The summed E-state index contributed by atoms with van der Waals surface area (Å²) in [5, 5.41) is 0. The van der Waals surface area contributed by atoms with Gasteiger partial charge in [-0.25, -0.2) is 13.1 Å². The van der Waals surface area contributed by atoms with Crippen molar-refractivity contribution in [1.82, 2.24) is 4.72 Å². The van der Waals surface area contributed by atoms with E-state index >= 15 is 0 Å². The van der Waals surface area contributed by atoms with Crippen molar-refractivity contribution in [2.75, 3.05) is 0 Å². The fourth-order valence-electron chi connectivity index (χ4n) is 2.40. The zero-order valence-electron chi connectivity index (χ0n) is 13.8. The average molecular weight is 324 g/mol. The Hall–Kier alpha value is -1.13. The molecule has 1 atom stereocenters. The molecule has 0 amide bonds. The fraction of sp³-hybridized carbons (Fsp3) is 0.556. The van der Waals surface area contributed by atoms with Gasteiger partial charge in [-0.3, -0.25) is 0 Å². The van der Waals surface area contributed by atoms with E-state index in [1.807, 2.05) is 25.1 Å². The summed E-state index contributed by atoms with van der Waals surface area (Å²) in [6.45, 7) is 7.85. The molecular weight excluding hydrogens is 294 g/mol. The molecule has 1 rings (SSSR count). The Morgan fingerprint density at radius 2 is 1.82 bits per heavy atom. The lowest BCUT2D eigenvalue weighted by molar-refractivity contribution is 0.480. The van der Waals surface area contributed by atoms with E-state index in [9.17, 15) is 8.42 Å². The summed E-state index contributed by atoms with van der Waals surface area (Å²) < 4.78 is 27.8. The fourth-order valence-corrected chi connectivity index (χ4v) is 3.71. The van der Waals surface area contributed by atoms with E-state index < -0.39 is 10.0 Å². The predicted octanol–water partition coefficient (Wildman–Crippen LogP) is 4.58. The second kappa shape index (κ2) is 9.80. The van der Waals surface area contributed by atoms with Crippen molar-refractivity contribution in [1.29, 1.82) is 0 Å². The molecule has 4 heteroatoms. The standard InChI is InChI=1S/C18H29NO2S/c1-4-6-8-9-11-17(10-7-5-2)19-22(20,21)18-14-12-16(3)13-15-18/h5,12-15,17,19H,2,4,6-11H2,1,3H3/t17-/m0/s1. The Labute approximate surface area is 135 Å². The summed E-state index contributed by atoms with van der Waals surface area (Å²) in [4.78, 5) is 0.343. The average Bonchev–Trinajstić information content (AvgIpc) is 2.49. The number of hydrogen-bond donors (Lipinski definition) is 1. The molecule has 0 aromatic heterocycles. The lowest BCUT2D eigenvalue weighted by Gasteiger charge is -2.18. The van der Waals surface area contributed by atoms with Gasteiger partial charge in [0.1, 0.15) is 0 Å². The van der Waals surface area contributed by atoms with Crippen LogP contribution < -0.4 is 4.72 Å². The highest BCUT2D eigenvalue weighted by molar-refractivity contribution is 7.89. The molecule has 22 heavy (non-hydrogen) atoms. The number of nitrogens with one attached hydrogen (secondary N) is 1. The van der Waals surface area contributed by atoms with Gasteiger partial charge < -0.3 is 0 Å². The van der Waals surface area contributed by atoms with Crippen LogP contribution in [0.25, 0.3) is 0 Å². The first-order valence-corrected chi connectivity index (χ1v) is 9.67. The van der Waals surface area contributed by atoms with Gasteiger partial charge in [-0.15, -0.1) is 6.58 Å². The molecule has 0 radical (unpaired) electrons. The van der Waals surface area contributed by atoms with Crippen LogP contribution in [0.2, 0.25) is 0 Å². The Morgan fingerprint density at radius 3 is 2.41 bits per heavy atom. The number of allylic oxidation sites excluding steroid dienone is 1. The minimum absolute atomic E-state index is 0.0128. The molecule has 0 unspecified atom stereocenters. The summed E-state index contributed by atoms with van der Waals surface area (Å²) in [6, 6.07) is 6.98. The monoisotopic (exact) mass is 323 g/mol. The predicted molar refractivity (Wildman–Crippen MR) is 93.5 cm³/mol. The number of rotatable bonds is 11. The van der Waals surface area contributed by atoms with Crippen LogP contribution >= 0.6 is 0 Å². The summed E-state index contributed by atoms with van der Waals surface area (Å²) in [7, 11) is -3.43. The molecule has 1 aromatic rings. The van der Waals surface area contributed by atoms with Crippen LogP contribution in [-0.4, -0.2) is 14.5 Å². The largest absolute Gasteiger partial charge is 0.240 e. The molecule has 1 aromatic carbocycles. The van der Waals surface area contributed by atoms with Gasteiger partial charge in [0.15, 0.2) is 0 Å². The third-order valence-corrected chi connectivity index (χ3v) is 5.31. The molecule has 0 aliphatic carbocycles. The molecule has 0 bridgehead atoms. The highest BCUT2D eigenvalue weighted by Crippen LogP contribution is 2.15. The second-order valence-electron chi connectivity index (χ2n) is 5.85. The van der Waals surface area contributed by atoms with E-state index in [1.54, 1.807) is 12.1 Å². The summed E-state index contributed by atoms with van der Waals surface area (Å²) in [5.74, 6) is 0. The maximum atomic E-state index is 12.5. The number of benzene rings is 1. The van der Waals surface area contributed by atoms with E-state index in [1.165, 1.54) is 12.8 Å². The van der Waals surface area contributed by atoms with Gasteiger partial charge in [-0.05, 0) is 38.3 Å². The molecule has 0 saturated heterocycles. The first kappa shape index (κ1) is 18.9. The van der Waals surface area contributed by atoms with Crippen molar-refractivity contribution < 1.29 is 8.42 Å². The molecule has 3 nitrogen and oxygen atoms in total. The van der Waals surface area contributed by atoms with Crippen molar-refractivity contribution in [2.24, 2.45) is 0 Å². The van der Waals surface area contributed by atoms with Crippen LogP contribution in [-0.2, 0) is 10.0 Å². The van der Waals surface area contributed by atoms with Gasteiger partial charge in [-0.2, -0.15) is 0 Å². The first-order chi connectivity index (χ1) is 10.5. The number of sulfonamides is 1. The molecular formula is C18H29NO2S. The third-order valence-electron chi connectivity index (χ3n) is 3.78. The zero-order chi connectivity index (χ0) is 16.4. The maximum absolute atomic E-state index is 12.5. The first-order valence-electron chi connectivity index (χ1n) is 8.19. The van der Waals surface area contributed by atoms with E-state index in [-0.39, 0.29) is 6.04 Å². The van der Waals surface area contributed by atoms with E-state index in [0.29, 0.717) is 4.90 Å². The minimum Gasteiger partial charge on any atom is -0.208 e. The molecule has 0 spiro atoms. The Morgan fingerprint density at radius 1 is 1.14 bits per heavy atom. The van der Waals surface area contributed by atoms with Crippen molar-refractivity contribution in [3.8, 4) is 0 Å². The van der Waals surface area contributed by atoms with Gasteiger partial charge in [0, 0.05) is 6.04 Å². The van der Waals surface area contributed by atoms with Gasteiger partial charge in [0.2, 0.25) is 10.0 Å². The zero-order valence-corrected chi connectivity index (χ0v) is 14.7. The van der Waals surface area contributed by atoms with Gasteiger partial charge in [0.25, 0.3) is 0 Å². The van der Waals surface area contributed by atoms with Gasteiger partial charge in [0.05, 0.1) is 4.90 Å². The smallest absolute Gasteiger partial charge is 0.208 e. The van der Waals surface area contributed by atoms with Crippen molar-refractivity contribution in [3.05, 3.63) is 42.5 Å². The molecule has 1 N–H and O–H groups in total. The summed E-state index contributed by atoms with van der Waals surface area (Å²) in [5.41, 5.74) is 1.06. The number of unbranched alkanes of at least 4 members (excludes halogenated alkanes) is 3. The normalized spacial score (nSPS) is 13.0. The number of aryl methyl sites for hydroxylation is 1. The van der Waals surface area contributed by atoms with E-state index in [4.69, 9.17) is 0 Å². The van der Waals surface area contributed by atoms with Gasteiger partial charge in [-0.1, -0.05) is 56.4 Å². The number of hydrogen-bond acceptors (Lipinski definition) is 2. The lowest BCUT2D eigenvalue weighted by atomic mass is 10.0. The van der Waals surface area contributed by atoms with E-state index in [2.05, 4.69) is 18.2 Å². The molecule has 0 fully saturated rings. The van der Waals surface area contributed by atoms with Crippen molar-refractivity contribution in [2.45, 2.75) is 69.7 Å². The van der Waals surface area contributed by atoms with E-state index in [0.717, 1.165) is 37.7 Å². The third kappa shape index (κ3) is 6.75.